The summed E-state index contributed by atoms with van der Waals surface area (Å²) in [6.45, 7) is 5.25. The number of likely N-dealkylation sites (tertiary alicyclic amines) is 1. The molecule has 1 saturated carbocycles. The second kappa shape index (κ2) is 10.7. The summed E-state index contributed by atoms with van der Waals surface area (Å²) in [5.74, 6) is 1.55. The first kappa shape index (κ1) is 23.1. The van der Waals surface area contributed by atoms with E-state index in [1.807, 2.05) is 4.90 Å². The quantitative estimate of drug-likeness (QED) is 0.587. The third-order valence-electron chi connectivity index (χ3n) is 7.55. The molecule has 0 bridgehead atoms. The van der Waals surface area contributed by atoms with Gasteiger partial charge in [0, 0.05) is 17.8 Å². The van der Waals surface area contributed by atoms with Gasteiger partial charge in [0.05, 0.1) is 6.54 Å². The van der Waals surface area contributed by atoms with Crippen molar-refractivity contribution in [2.75, 3.05) is 24.5 Å². The van der Waals surface area contributed by atoms with Crippen molar-refractivity contribution < 1.29 is 0 Å². The summed E-state index contributed by atoms with van der Waals surface area (Å²) in [6, 6.07) is 15.8. The first-order chi connectivity index (χ1) is 16.7. The molecular weight excluding hydrogens is 422 g/mol. The average Bonchev–Trinajstić information content (AvgIpc) is 3.16. The third kappa shape index (κ3) is 5.20. The van der Waals surface area contributed by atoms with Crippen molar-refractivity contribution in [3.05, 3.63) is 42.5 Å². The number of anilines is 1. The van der Waals surface area contributed by atoms with Gasteiger partial charge in [0.25, 0.3) is 0 Å². The summed E-state index contributed by atoms with van der Waals surface area (Å²) < 4.78 is 0. The summed E-state index contributed by atoms with van der Waals surface area (Å²) in [5, 5.41) is 9.57. The van der Waals surface area contributed by atoms with E-state index < -0.39 is 6.29 Å². The molecule has 2 unspecified atom stereocenters. The van der Waals surface area contributed by atoms with Crippen LogP contribution >= 0.6 is 0 Å². The number of hydrogen-bond donors (Lipinski definition) is 3. The highest BCUT2D eigenvalue weighted by Crippen LogP contribution is 2.25. The zero-order valence-corrected chi connectivity index (χ0v) is 20.4. The molecule has 2 aromatic rings. The Labute approximate surface area is 203 Å². The lowest BCUT2D eigenvalue weighted by Gasteiger charge is -2.36. The van der Waals surface area contributed by atoms with Crippen LogP contribution in [0.4, 0.5) is 5.69 Å². The molecule has 3 aliphatic rings. The van der Waals surface area contributed by atoms with Gasteiger partial charge in [-0.2, -0.15) is 0 Å². The van der Waals surface area contributed by atoms with Gasteiger partial charge in [-0.25, -0.2) is 4.99 Å². The Morgan fingerprint density at radius 1 is 1.03 bits per heavy atom. The van der Waals surface area contributed by atoms with E-state index in [0.717, 1.165) is 30.7 Å². The first-order valence-electron chi connectivity index (χ1n) is 13.1. The molecule has 2 aliphatic heterocycles. The second-order valence-corrected chi connectivity index (χ2v) is 9.84. The van der Waals surface area contributed by atoms with E-state index in [9.17, 15) is 0 Å². The number of nitrogens with two attached hydrogens (primary N) is 1. The van der Waals surface area contributed by atoms with Crippen LogP contribution in [0.3, 0.4) is 0 Å². The molecule has 2 fully saturated rings. The zero-order chi connectivity index (χ0) is 23.3. The number of nitrogens with zero attached hydrogens (tertiary/aromatic N) is 4. The number of likely N-dealkylation sites (N-methyl/N-ethyl adjacent to an activating group) is 1. The molecule has 0 aromatic heterocycles. The average molecular weight is 462 g/mol. The van der Waals surface area contributed by atoms with Crippen LogP contribution in [-0.4, -0.2) is 54.8 Å². The van der Waals surface area contributed by atoms with Gasteiger partial charge in [0.15, 0.2) is 6.29 Å². The Balaban J connectivity index is 1.42. The van der Waals surface area contributed by atoms with Crippen molar-refractivity contribution in [2.45, 2.75) is 76.7 Å². The fourth-order valence-corrected chi connectivity index (χ4v) is 5.63. The predicted molar refractivity (Wildman–Crippen MR) is 142 cm³/mol. The monoisotopic (exact) mass is 461 g/mol. The number of hydrogen-bond acceptors (Lipinski definition) is 5. The molecule has 1 aliphatic carbocycles. The lowest BCUT2D eigenvalue weighted by Crippen LogP contribution is -2.61. The van der Waals surface area contributed by atoms with Gasteiger partial charge in [-0.15, -0.1) is 0 Å². The summed E-state index contributed by atoms with van der Waals surface area (Å²) >= 11 is 0. The van der Waals surface area contributed by atoms with Crippen LogP contribution < -0.4 is 21.3 Å². The lowest BCUT2D eigenvalue weighted by molar-refractivity contribution is 0.273. The molecule has 0 amide bonds. The topological polar surface area (TPSA) is 81.3 Å². The maximum absolute atomic E-state index is 6.68. The van der Waals surface area contributed by atoms with Crippen LogP contribution in [0.15, 0.2) is 52.4 Å². The molecule has 1 saturated heterocycles. The van der Waals surface area contributed by atoms with Crippen LogP contribution in [0, 0.1) is 0 Å². The lowest BCUT2D eigenvalue weighted by atomic mass is 10.1. The van der Waals surface area contributed by atoms with Crippen LogP contribution in [0.5, 0.6) is 0 Å². The SMILES string of the molecule is CCN1CCCC1CN=C1NC(NC2CCCCCC2)=NC(N)N1c1ccc2ccccc2c1. The highest BCUT2D eigenvalue weighted by Gasteiger charge is 2.29. The summed E-state index contributed by atoms with van der Waals surface area (Å²) in [5.41, 5.74) is 7.68. The smallest absolute Gasteiger partial charge is 0.208 e. The maximum atomic E-state index is 6.68. The molecule has 7 nitrogen and oxygen atoms in total. The number of benzene rings is 2. The van der Waals surface area contributed by atoms with Gasteiger partial charge >= 0.3 is 0 Å². The minimum absolute atomic E-state index is 0.444. The first-order valence-corrected chi connectivity index (χ1v) is 13.1. The molecule has 0 spiro atoms. The number of nitrogens with one attached hydrogen (secondary N) is 2. The van der Waals surface area contributed by atoms with Crippen LogP contribution in [0.25, 0.3) is 10.8 Å². The Hall–Kier alpha value is -2.64. The van der Waals surface area contributed by atoms with Gasteiger partial charge in [-0.05, 0) is 61.7 Å². The zero-order valence-electron chi connectivity index (χ0n) is 20.4. The maximum Gasteiger partial charge on any atom is 0.208 e. The van der Waals surface area contributed by atoms with Crippen LogP contribution in [0.2, 0.25) is 0 Å². The minimum Gasteiger partial charge on any atom is -0.353 e. The van der Waals surface area contributed by atoms with Crippen molar-refractivity contribution in [1.82, 2.24) is 15.5 Å². The molecular formula is C27H39N7. The number of rotatable bonds is 5. The van der Waals surface area contributed by atoms with E-state index in [-0.39, 0.29) is 0 Å². The normalized spacial score (nSPS) is 25.9. The molecule has 2 aromatic carbocycles. The molecule has 182 valence electrons. The Kier molecular flexibility index (Phi) is 7.30. The van der Waals surface area contributed by atoms with Crippen molar-refractivity contribution in [3.63, 3.8) is 0 Å². The van der Waals surface area contributed by atoms with Gasteiger partial charge in [0.2, 0.25) is 11.9 Å². The van der Waals surface area contributed by atoms with Gasteiger partial charge in [0.1, 0.15) is 0 Å². The molecule has 4 N–H and O–H groups in total. The summed E-state index contributed by atoms with van der Waals surface area (Å²) in [6.07, 6.45) is 9.50. The van der Waals surface area contributed by atoms with Crippen LogP contribution in [0.1, 0.15) is 58.3 Å². The highest BCUT2D eigenvalue weighted by molar-refractivity contribution is 6.09. The summed E-state index contributed by atoms with van der Waals surface area (Å²) in [4.78, 5) is 14.5. The number of aliphatic imine (C=N–C) groups is 2. The fourth-order valence-electron chi connectivity index (χ4n) is 5.63. The van der Waals surface area contributed by atoms with Crippen molar-refractivity contribution >= 4 is 28.4 Å². The third-order valence-corrected chi connectivity index (χ3v) is 7.55. The predicted octanol–water partition coefficient (Wildman–Crippen LogP) is 4.00. The largest absolute Gasteiger partial charge is 0.353 e. The van der Waals surface area contributed by atoms with Crippen molar-refractivity contribution in [3.8, 4) is 0 Å². The second-order valence-electron chi connectivity index (χ2n) is 9.84. The Bertz CT molecular complexity index is 1020. The fraction of sp³-hybridized carbons (Fsp3) is 0.556. The molecule has 0 radical (unpaired) electrons. The number of guanidine groups is 2. The molecule has 7 heteroatoms. The Morgan fingerprint density at radius 3 is 2.62 bits per heavy atom. The van der Waals surface area contributed by atoms with E-state index in [0.29, 0.717) is 12.1 Å². The van der Waals surface area contributed by atoms with E-state index in [1.165, 1.54) is 68.7 Å². The molecule has 2 atom stereocenters. The summed E-state index contributed by atoms with van der Waals surface area (Å²) in [7, 11) is 0. The van der Waals surface area contributed by atoms with Crippen molar-refractivity contribution in [1.29, 1.82) is 0 Å². The van der Waals surface area contributed by atoms with Crippen LogP contribution in [-0.2, 0) is 0 Å². The standard InChI is InChI=1S/C27H39N7/c1-2-33-17-9-14-24(33)19-29-27-32-26(30-22-12-5-3-4-6-13-22)31-25(28)34(27)23-16-15-20-10-7-8-11-21(20)18-23/h7-8,10-11,15-16,18,22,24-25H,2-6,9,12-14,17,19,28H2,1H3,(H2,29,30,31,32). The van der Waals surface area contributed by atoms with Gasteiger partial charge < -0.3 is 5.32 Å². The molecule has 5 rings (SSSR count). The molecule has 2 heterocycles. The van der Waals surface area contributed by atoms with E-state index in [2.05, 4.69) is 64.9 Å². The van der Waals surface area contributed by atoms with E-state index >= 15 is 0 Å². The Morgan fingerprint density at radius 2 is 1.82 bits per heavy atom. The minimum atomic E-state index is -0.528. The van der Waals surface area contributed by atoms with Gasteiger partial charge in [-0.1, -0.05) is 62.9 Å². The van der Waals surface area contributed by atoms with Gasteiger partial charge in [-0.3, -0.25) is 25.8 Å². The van der Waals surface area contributed by atoms with E-state index in [4.69, 9.17) is 15.7 Å². The highest BCUT2D eigenvalue weighted by atomic mass is 15.5. The van der Waals surface area contributed by atoms with E-state index in [1.54, 1.807) is 0 Å². The molecule has 34 heavy (non-hydrogen) atoms. The van der Waals surface area contributed by atoms with Crippen molar-refractivity contribution in [2.24, 2.45) is 15.7 Å². The number of fused-ring (bicyclic) bond motifs is 1.